The number of halogens is 1. The third-order valence-electron chi connectivity index (χ3n) is 5.19. The van der Waals surface area contributed by atoms with Crippen molar-refractivity contribution < 1.29 is 0 Å². The number of benzene rings is 2. The fraction of sp³-hybridized carbons (Fsp3) is 0.318. The number of anilines is 1. The monoisotopic (exact) mass is 423 g/mol. The maximum absolute atomic E-state index is 6.14. The van der Waals surface area contributed by atoms with Crippen molar-refractivity contribution in [1.29, 1.82) is 0 Å². The van der Waals surface area contributed by atoms with E-state index in [0.29, 0.717) is 19.1 Å². The molecular formula is C22H26ClN7. The Hall–Kier alpha value is -3.06. The van der Waals surface area contributed by atoms with Crippen LogP contribution in [0.3, 0.4) is 0 Å². The van der Waals surface area contributed by atoms with E-state index in [1.165, 1.54) is 16.8 Å². The summed E-state index contributed by atoms with van der Waals surface area (Å²) in [5.41, 5.74) is 3.55. The van der Waals surface area contributed by atoms with Gasteiger partial charge in [-0.3, -0.25) is 4.99 Å². The Balaban J connectivity index is 1.29. The van der Waals surface area contributed by atoms with E-state index in [1.54, 1.807) is 19.7 Å². The molecule has 1 aliphatic heterocycles. The van der Waals surface area contributed by atoms with Crippen molar-refractivity contribution in [3.63, 3.8) is 0 Å². The molecule has 3 aromatic rings. The lowest BCUT2D eigenvalue weighted by atomic mass is 10.1. The summed E-state index contributed by atoms with van der Waals surface area (Å²) in [6.45, 7) is 3.34. The highest BCUT2D eigenvalue weighted by molar-refractivity contribution is 6.30. The van der Waals surface area contributed by atoms with Crippen molar-refractivity contribution in [3.05, 3.63) is 77.3 Å². The van der Waals surface area contributed by atoms with Crippen molar-refractivity contribution in [2.45, 2.75) is 25.6 Å². The molecule has 1 fully saturated rings. The van der Waals surface area contributed by atoms with Crippen molar-refractivity contribution in [3.8, 4) is 0 Å². The quantitative estimate of drug-likeness (QED) is 0.471. The second-order valence-corrected chi connectivity index (χ2v) is 7.83. The maximum atomic E-state index is 6.14. The Labute approximate surface area is 181 Å². The third-order valence-corrected chi connectivity index (χ3v) is 5.42. The van der Waals surface area contributed by atoms with Gasteiger partial charge in [0.15, 0.2) is 5.96 Å². The molecule has 2 heterocycles. The van der Waals surface area contributed by atoms with Gasteiger partial charge in [0.25, 0.3) is 0 Å². The lowest BCUT2D eigenvalue weighted by molar-refractivity contribution is 0.648. The first kappa shape index (κ1) is 20.2. The largest absolute Gasteiger partial charge is 0.369 e. The summed E-state index contributed by atoms with van der Waals surface area (Å²) in [6, 6.07) is 16.8. The second-order valence-electron chi connectivity index (χ2n) is 7.39. The van der Waals surface area contributed by atoms with Gasteiger partial charge in [-0.2, -0.15) is 5.10 Å². The number of nitrogens with zero attached hydrogens (tertiary/aromatic N) is 5. The van der Waals surface area contributed by atoms with Gasteiger partial charge in [0.2, 0.25) is 0 Å². The summed E-state index contributed by atoms with van der Waals surface area (Å²) in [5, 5.41) is 11.9. The summed E-state index contributed by atoms with van der Waals surface area (Å²) in [5.74, 6) is 0.814. The van der Waals surface area contributed by atoms with Crippen molar-refractivity contribution >= 4 is 23.2 Å². The molecule has 156 valence electrons. The minimum Gasteiger partial charge on any atom is -0.369 e. The fourth-order valence-electron chi connectivity index (χ4n) is 3.70. The van der Waals surface area contributed by atoms with Gasteiger partial charge in [0.1, 0.15) is 12.7 Å². The number of hydrogen-bond donors (Lipinski definition) is 2. The van der Waals surface area contributed by atoms with E-state index in [2.05, 4.69) is 60.9 Å². The van der Waals surface area contributed by atoms with Crippen LogP contribution in [-0.4, -0.2) is 46.9 Å². The SMILES string of the molecule is CN=C(NCc1cccc(Cn2cncn2)c1)NC1CCN(c2cccc(Cl)c2)C1. The van der Waals surface area contributed by atoms with Gasteiger partial charge in [-0.1, -0.05) is 41.9 Å². The number of guanidine groups is 1. The molecule has 1 aromatic heterocycles. The lowest BCUT2D eigenvalue weighted by Crippen LogP contribution is -2.44. The van der Waals surface area contributed by atoms with E-state index >= 15 is 0 Å². The molecule has 1 unspecified atom stereocenters. The zero-order valence-corrected chi connectivity index (χ0v) is 17.8. The van der Waals surface area contributed by atoms with Crippen LogP contribution in [0.5, 0.6) is 0 Å². The predicted molar refractivity (Wildman–Crippen MR) is 121 cm³/mol. The Morgan fingerprint density at radius 1 is 1.20 bits per heavy atom. The molecule has 0 radical (unpaired) electrons. The average molecular weight is 424 g/mol. The summed E-state index contributed by atoms with van der Waals surface area (Å²) in [7, 11) is 1.81. The zero-order valence-electron chi connectivity index (χ0n) is 17.0. The first-order valence-electron chi connectivity index (χ1n) is 10.1. The lowest BCUT2D eigenvalue weighted by Gasteiger charge is -2.20. The topological polar surface area (TPSA) is 70.4 Å². The molecular weight excluding hydrogens is 398 g/mol. The first-order chi connectivity index (χ1) is 14.7. The number of aliphatic imine (C=N–C) groups is 1. The first-order valence-corrected chi connectivity index (χ1v) is 10.5. The van der Waals surface area contributed by atoms with E-state index in [1.807, 2.05) is 22.9 Å². The van der Waals surface area contributed by atoms with Crippen LogP contribution in [0.25, 0.3) is 0 Å². The van der Waals surface area contributed by atoms with Crippen LogP contribution in [0.4, 0.5) is 5.69 Å². The number of rotatable bonds is 6. The van der Waals surface area contributed by atoms with Crippen LogP contribution in [0.2, 0.25) is 5.02 Å². The van der Waals surface area contributed by atoms with Crippen LogP contribution < -0.4 is 15.5 Å². The van der Waals surface area contributed by atoms with Crippen LogP contribution >= 0.6 is 11.6 Å². The van der Waals surface area contributed by atoms with E-state index in [0.717, 1.165) is 30.5 Å². The molecule has 0 spiro atoms. The summed E-state index contributed by atoms with van der Waals surface area (Å²) >= 11 is 6.14. The number of hydrogen-bond acceptors (Lipinski definition) is 4. The van der Waals surface area contributed by atoms with E-state index in [9.17, 15) is 0 Å². The van der Waals surface area contributed by atoms with Gasteiger partial charge in [0.05, 0.1) is 6.54 Å². The molecule has 0 saturated carbocycles. The standard InChI is InChI=1S/C22H26ClN7/c1-24-22(28-20-8-9-29(14-20)21-7-3-6-19(23)11-21)26-12-17-4-2-5-18(10-17)13-30-16-25-15-27-30/h2-7,10-11,15-16,20H,8-9,12-14H2,1H3,(H2,24,26,28). The molecule has 1 saturated heterocycles. The summed E-state index contributed by atoms with van der Waals surface area (Å²) in [4.78, 5) is 10.7. The molecule has 1 atom stereocenters. The molecule has 1 aliphatic rings. The maximum Gasteiger partial charge on any atom is 0.191 e. The normalized spacial score (nSPS) is 16.7. The van der Waals surface area contributed by atoms with Crippen LogP contribution in [0.1, 0.15) is 17.5 Å². The van der Waals surface area contributed by atoms with Gasteiger partial charge in [-0.25, -0.2) is 9.67 Å². The number of aromatic nitrogens is 3. The van der Waals surface area contributed by atoms with Crippen LogP contribution in [0.15, 0.2) is 66.2 Å². The molecule has 8 heteroatoms. The van der Waals surface area contributed by atoms with Gasteiger partial charge < -0.3 is 15.5 Å². The van der Waals surface area contributed by atoms with Crippen molar-refractivity contribution in [2.75, 3.05) is 25.0 Å². The minimum atomic E-state index is 0.342. The highest BCUT2D eigenvalue weighted by Gasteiger charge is 2.23. The van der Waals surface area contributed by atoms with Crippen molar-refractivity contribution in [2.24, 2.45) is 4.99 Å². The molecule has 0 aliphatic carbocycles. The number of nitrogens with one attached hydrogen (secondary N) is 2. The molecule has 2 aromatic carbocycles. The van der Waals surface area contributed by atoms with Gasteiger partial charge >= 0.3 is 0 Å². The van der Waals surface area contributed by atoms with Crippen molar-refractivity contribution in [1.82, 2.24) is 25.4 Å². The van der Waals surface area contributed by atoms with E-state index in [4.69, 9.17) is 11.6 Å². The Bertz CT molecular complexity index is 987. The Morgan fingerprint density at radius 3 is 2.87 bits per heavy atom. The zero-order chi connectivity index (χ0) is 20.8. The second kappa shape index (κ2) is 9.63. The molecule has 0 amide bonds. The predicted octanol–water partition coefficient (Wildman–Crippen LogP) is 2.92. The van der Waals surface area contributed by atoms with Crippen LogP contribution in [0, 0.1) is 0 Å². The van der Waals surface area contributed by atoms with Gasteiger partial charge in [-0.05, 0) is 35.7 Å². The van der Waals surface area contributed by atoms with E-state index in [-0.39, 0.29) is 0 Å². The highest BCUT2D eigenvalue weighted by atomic mass is 35.5. The fourth-order valence-corrected chi connectivity index (χ4v) is 3.88. The molecule has 4 rings (SSSR count). The van der Waals surface area contributed by atoms with E-state index < -0.39 is 0 Å². The van der Waals surface area contributed by atoms with Gasteiger partial charge in [0, 0.05) is 43.4 Å². The molecule has 0 bridgehead atoms. The van der Waals surface area contributed by atoms with Crippen LogP contribution in [-0.2, 0) is 13.1 Å². The smallest absolute Gasteiger partial charge is 0.191 e. The Kier molecular flexibility index (Phi) is 6.49. The minimum absolute atomic E-state index is 0.342. The summed E-state index contributed by atoms with van der Waals surface area (Å²) < 4.78 is 1.82. The molecule has 2 N–H and O–H groups in total. The average Bonchev–Trinajstić information content (AvgIpc) is 3.43. The third kappa shape index (κ3) is 5.30. The summed E-state index contributed by atoms with van der Waals surface area (Å²) in [6.07, 6.45) is 4.34. The Morgan fingerprint density at radius 2 is 2.07 bits per heavy atom. The highest BCUT2D eigenvalue weighted by Crippen LogP contribution is 2.23. The van der Waals surface area contributed by atoms with Gasteiger partial charge in [-0.15, -0.1) is 0 Å². The molecule has 30 heavy (non-hydrogen) atoms. The molecule has 7 nitrogen and oxygen atoms in total.